The molecule has 26 heavy (non-hydrogen) atoms. The summed E-state index contributed by atoms with van der Waals surface area (Å²) in [7, 11) is 2.04. The molecule has 1 fully saturated rings. The van der Waals surface area contributed by atoms with Crippen LogP contribution in [-0.2, 0) is 13.6 Å². The molecular weight excluding hydrogens is 393 g/mol. The van der Waals surface area contributed by atoms with E-state index < -0.39 is 0 Å². The van der Waals surface area contributed by atoms with Crippen LogP contribution in [0.4, 0.5) is 0 Å². The summed E-state index contributed by atoms with van der Waals surface area (Å²) in [5, 5.41) is 5.38. The maximum atomic E-state index is 6.52. The van der Waals surface area contributed by atoms with Gasteiger partial charge in [-0.25, -0.2) is 4.98 Å². The number of nitrogens with one attached hydrogen (secondary N) is 1. The van der Waals surface area contributed by atoms with Crippen molar-refractivity contribution < 1.29 is 0 Å². The van der Waals surface area contributed by atoms with E-state index in [1.807, 2.05) is 43.8 Å². The van der Waals surface area contributed by atoms with Crippen molar-refractivity contribution in [3.05, 3.63) is 59.3 Å². The van der Waals surface area contributed by atoms with Gasteiger partial charge in [0, 0.05) is 67.8 Å². The molecule has 0 radical (unpaired) electrons. The number of hydrogen-bond donors (Lipinski definition) is 1. The van der Waals surface area contributed by atoms with E-state index in [2.05, 4.69) is 30.8 Å². The zero-order chi connectivity index (χ0) is 16.5. The van der Waals surface area contributed by atoms with E-state index >= 15 is 0 Å². The number of rotatable bonds is 3. The minimum Gasteiger partial charge on any atom is -0.337 e. The first-order chi connectivity index (χ1) is 11.7. The lowest BCUT2D eigenvalue weighted by molar-refractivity contribution is 0.145. The zero-order valence-electron chi connectivity index (χ0n) is 14.4. The second-order valence-corrected chi connectivity index (χ2v) is 6.60. The largest absolute Gasteiger partial charge is 0.337 e. The Morgan fingerprint density at radius 2 is 2.04 bits per heavy atom. The first-order valence-electron chi connectivity index (χ1n) is 8.18. The van der Waals surface area contributed by atoms with Crippen molar-refractivity contribution in [3.63, 3.8) is 0 Å². The van der Waals surface area contributed by atoms with Gasteiger partial charge in [-0.3, -0.25) is 9.88 Å². The Hall–Kier alpha value is -1.37. The number of aromatic nitrogens is 3. The molecule has 5 nitrogen and oxygen atoms in total. The van der Waals surface area contributed by atoms with Crippen molar-refractivity contribution >= 4 is 47.3 Å². The Labute approximate surface area is 170 Å². The molecule has 3 aromatic rings. The number of fused-ring (bicyclic) bond motifs is 1. The lowest BCUT2D eigenvalue weighted by Crippen LogP contribution is -2.46. The predicted octanol–water partition coefficient (Wildman–Crippen LogP) is 3.61. The summed E-state index contributed by atoms with van der Waals surface area (Å²) in [6.45, 7) is 3.58. The van der Waals surface area contributed by atoms with E-state index in [0.717, 1.165) is 53.5 Å². The monoisotopic (exact) mass is 413 g/mol. The normalized spacial score (nSPS) is 17.5. The van der Waals surface area contributed by atoms with Crippen LogP contribution in [0.15, 0.2) is 42.9 Å². The highest BCUT2D eigenvalue weighted by Crippen LogP contribution is 2.29. The van der Waals surface area contributed by atoms with Crippen LogP contribution in [0.1, 0.15) is 17.4 Å². The Kier molecular flexibility index (Phi) is 7.26. The van der Waals surface area contributed by atoms with Crippen LogP contribution in [-0.4, -0.2) is 39.1 Å². The fourth-order valence-corrected chi connectivity index (χ4v) is 3.64. The molecule has 0 aliphatic carbocycles. The second kappa shape index (κ2) is 9.02. The molecule has 0 bridgehead atoms. The summed E-state index contributed by atoms with van der Waals surface area (Å²) in [5.74, 6) is 1.08. The third-order valence-electron chi connectivity index (χ3n) is 4.69. The van der Waals surface area contributed by atoms with Crippen molar-refractivity contribution in [1.82, 2.24) is 24.8 Å². The molecule has 4 rings (SSSR count). The maximum Gasteiger partial charge on any atom is 0.127 e. The molecule has 0 amide bonds. The Morgan fingerprint density at radius 1 is 1.19 bits per heavy atom. The highest BCUT2D eigenvalue weighted by molar-refractivity contribution is 6.32. The Bertz CT molecular complexity index is 867. The van der Waals surface area contributed by atoms with Gasteiger partial charge in [0.15, 0.2) is 0 Å². The molecule has 2 aromatic heterocycles. The van der Waals surface area contributed by atoms with Gasteiger partial charge >= 0.3 is 0 Å². The molecule has 0 saturated carbocycles. The molecule has 0 spiro atoms. The van der Waals surface area contributed by atoms with Crippen molar-refractivity contribution in [3.8, 4) is 0 Å². The first-order valence-corrected chi connectivity index (χ1v) is 8.56. The fraction of sp³-hybridized carbons (Fsp3) is 0.333. The van der Waals surface area contributed by atoms with E-state index in [0.29, 0.717) is 0 Å². The van der Waals surface area contributed by atoms with E-state index in [9.17, 15) is 0 Å². The van der Waals surface area contributed by atoms with Crippen LogP contribution < -0.4 is 5.32 Å². The molecule has 1 unspecified atom stereocenters. The number of halogens is 3. The number of hydrogen-bond acceptors (Lipinski definition) is 4. The molecule has 140 valence electrons. The van der Waals surface area contributed by atoms with Gasteiger partial charge in [-0.15, -0.1) is 24.8 Å². The third-order valence-corrected chi connectivity index (χ3v) is 5.05. The summed E-state index contributed by atoms with van der Waals surface area (Å²) >= 11 is 6.52. The smallest absolute Gasteiger partial charge is 0.127 e. The van der Waals surface area contributed by atoms with Crippen LogP contribution in [0, 0.1) is 0 Å². The van der Waals surface area contributed by atoms with Gasteiger partial charge < -0.3 is 9.88 Å². The van der Waals surface area contributed by atoms with Crippen molar-refractivity contribution in [2.45, 2.75) is 12.6 Å². The van der Waals surface area contributed by atoms with Gasteiger partial charge in [-0.1, -0.05) is 23.7 Å². The summed E-state index contributed by atoms with van der Waals surface area (Å²) in [6.07, 6.45) is 5.68. The minimum atomic E-state index is 0. The molecule has 1 atom stereocenters. The second-order valence-electron chi connectivity index (χ2n) is 6.19. The van der Waals surface area contributed by atoms with Crippen molar-refractivity contribution in [2.24, 2.45) is 7.05 Å². The number of nitrogens with zero attached hydrogens (tertiary/aromatic N) is 4. The predicted molar refractivity (Wildman–Crippen MR) is 110 cm³/mol. The first kappa shape index (κ1) is 20.9. The standard InChI is InChI=1S/C18H20ClN5.2ClH/c1-23-9-8-22-18(23)16-11-20-7-10-24(16)12-14-15(19)5-4-13-3-2-6-21-17(13)14;;/h2-6,8-9,16,20H,7,10-12H2,1H3;2*1H. The van der Waals surface area contributed by atoms with Crippen LogP contribution in [0.5, 0.6) is 0 Å². The van der Waals surface area contributed by atoms with E-state index in [-0.39, 0.29) is 30.9 Å². The summed E-state index contributed by atoms with van der Waals surface area (Å²) in [4.78, 5) is 11.6. The van der Waals surface area contributed by atoms with Gasteiger partial charge in [-0.2, -0.15) is 0 Å². The average molecular weight is 415 g/mol. The maximum absolute atomic E-state index is 6.52. The van der Waals surface area contributed by atoms with Crippen LogP contribution in [0.3, 0.4) is 0 Å². The molecule has 1 aromatic carbocycles. The van der Waals surface area contributed by atoms with Crippen LogP contribution >= 0.6 is 36.4 Å². The highest BCUT2D eigenvalue weighted by atomic mass is 35.5. The van der Waals surface area contributed by atoms with Gasteiger partial charge in [0.1, 0.15) is 5.82 Å². The van der Waals surface area contributed by atoms with Gasteiger partial charge in [0.25, 0.3) is 0 Å². The molecule has 8 heteroatoms. The Balaban J connectivity index is 0.00000121. The topological polar surface area (TPSA) is 46.0 Å². The molecular formula is C18H22Cl3N5. The molecule has 3 heterocycles. The number of benzene rings is 1. The third kappa shape index (κ3) is 3.97. The van der Waals surface area contributed by atoms with Crippen LogP contribution in [0.25, 0.3) is 10.9 Å². The molecule has 1 N–H and O–H groups in total. The van der Waals surface area contributed by atoms with Crippen molar-refractivity contribution in [1.29, 1.82) is 0 Å². The number of pyridine rings is 1. The lowest BCUT2D eigenvalue weighted by atomic mass is 10.1. The number of piperazine rings is 1. The molecule has 1 aliphatic heterocycles. The van der Waals surface area contributed by atoms with Gasteiger partial charge in [0.2, 0.25) is 0 Å². The average Bonchev–Trinajstić information content (AvgIpc) is 3.04. The molecule has 1 saturated heterocycles. The highest BCUT2D eigenvalue weighted by Gasteiger charge is 2.27. The molecule has 1 aliphatic rings. The lowest BCUT2D eigenvalue weighted by Gasteiger charge is -2.36. The quantitative estimate of drug-likeness (QED) is 0.711. The Morgan fingerprint density at radius 3 is 2.81 bits per heavy atom. The van der Waals surface area contributed by atoms with E-state index in [1.54, 1.807) is 0 Å². The number of aryl methyl sites for hydroxylation is 1. The van der Waals surface area contributed by atoms with Crippen LogP contribution in [0.2, 0.25) is 5.02 Å². The SMILES string of the molecule is Cl.Cl.Cn1ccnc1C1CNCCN1Cc1c(Cl)ccc2cccnc12. The van der Waals surface area contributed by atoms with Gasteiger partial charge in [-0.05, 0) is 12.1 Å². The summed E-state index contributed by atoms with van der Waals surface area (Å²) in [5.41, 5.74) is 2.08. The van der Waals surface area contributed by atoms with Crippen molar-refractivity contribution in [2.75, 3.05) is 19.6 Å². The zero-order valence-corrected chi connectivity index (χ0v) is 16.8. The fourth-order valence-electron chi connectivity index (χ4n) is 3.42. The summed E-state index contributed by atoms with van der Waals surface area (Å²) in [6, 6.07) is 8.27. The number of imidazole rings is 1. The van der Waals surface area contributed by atoms with E-state index in [4.69, 9.17) is 11.6 Å². The van der Waals surface area contributed by atoms with E-state index in [1.165, 1.54) is 0 Å². The van der Waals surface area contributed by atoms with Gasteiger partial charge in [0.05, 0.1) is 11.6 Å². The summed E-state index contributed by atoms with van der Waals surface area (Å²) < 4.78 is 2.09. The minimum absolute atomic E-state index is 0.